The van der Waals surface area contributed by atoms with Crippen molar-refractivity contribution in [3.8, 4) is 5.75 Å². The van der Waals surface area contributed by atoms with Crippen LogP contribution in [0.1, 0.15) is 37.9 Å². The van der Waals surface area contributed by atoms with Crippen molar-refractivity contribution >= 4 is 0 Å². The van der Waals surface area contributed by atoms with Gasteiger partial charge >= 0.3 is 0 Å². The summed E-state index contributed by atoms with van der Waals surface area (Å²) in [5.74, 6) is -0.169. The number of hydrogen-bond acceptors (Lipinski definition) is 3. The molecule has 2 aliphatic heterocycles. The highest BCUT2D eigenvalue weighted by atomic mass is 19.1. The van der Waals surface area contributed by atoms with E-state index in [9.17, 15) is 9.50 Å². The molecule has 2 aliphatic rings. The molecule has 0 spiro atoms. The number of aliphatic hydroxyl groups excluding tert-OH is 1. The summed E-state index contributed by atoms with van der Waals surface area (Å²) in [6.07, 6.45) is 2.88. The molecule has 1 N–H and O–H groups in total. The molecule has 0 radical (unpaired) electrons. The molecule has 1 aromatic rings. The van der Waals surface area contributed by atoms with Crippen molar-refractivity contribution in [3.63, 3.8) is 0 Å². The Morgan fingerprint density at radius 1 is 1.37 bits per heavy atom. The maximum atomic E-state index is 13.6. The van der Waals surface area contributed by atoms with Gasteiger partial charge in [0.2, 0.25) is 0 Å². The molecular formula is C15H20FNO2. The van der Waals surface area contributed by atoms with Gasteiger partial charge in [0.15, 0.2) is 11.6 Å². The van der Waals surface area contributed by atoms with Gasteiger partial charge in [0.25, 0.3) is 0 Å². The largest absolute Gasteiger partial charge is 0.488 e. The Morgan fingerprint density at radius 2 is 2.21 bits per heavy atom. The monoisotopic (exact) mass is 265 g/mol. The number of aliphatic hydroxyl groups is 1. The lowest BCUT2D eigenvalue weighted by Gasteiger charge is -2.43. The number of piperidine rings is 1. The molecule has 3 atom stereocenters. The Labute approximate surface area is 113 Å². The van der Waals surface area contributed by atoms with Crippen LogP contribution >= 0.6 is 0 Å². The third-order valence-electron chi connectivity index (χ3n) is 4.36. The van der Waals surface area contributed by atoms with Gasteiger partial charge in [-0.1, -0.05) is 18.6 Å². The van der Waals surface area contributed by atoms with Gasteiger partial charge in [0, 0.05) is 11.6 Å². The van der Waals surface area contributed by atoms with Crippen LogP contribution in [0.2, 0.25) is 0 Å². The van der Waals surface area contributed by atoms with E-state index in [0.29, 0.717) is 18.2 Å². The van der Waals surface area contributed by atoms with E-state index in [1.165, 1.54) is 12.5 Å². The number of benzene rings is 1. The number of hydrogen-bond donors (Lipinski definition) is 1. The zero-order valence-electron chi connectivity index (χ0n) is 11.2. The minimum absolute atomic E-state index is 0.0652. The summed E-state index contributed by atoms with van der Waals surface area (Å²) < 4.78 is 19.2. The van der Waals surface area contributed by atoms with E-state index in [4.69, 9.17) is 4.74 Å². The molecule has 0 bridgehead atoms. The lowest BCUT2D eigenvalue weighted by Crippen LogP contribution is -2.51. The molecule has 0 saturated carbocycles. The number of nitrogens with zero attached hydrogens (tertiary/aromatic N) is 1. The van der Waals surface area contributed by atoms with Gasteiger partial charge in [-0.05, 0) is 32.4 Å². The first kappa shape index (κ1) is 12.9. The molecule has 3 rings (SSSR count). The minimum Gasteiger partial charge on any atom is -0.488 e. The predicted octanol–water partition coefficient (Wildman–Crippen LogP) is 2.49. The van der Waals surface area contributed by atoms with Gasteiger partial charge in [0.1, 0.15) is 12.7 Å². The molecule has 1 aromatic carbocycles. The summed E-state index contributed by atoms with van der Waals surface area (Å²) in [5, 5.41) is 10.5. The highest BCUT2D eigenvalue weighted by molar-refractivity contribution is 5.39. The maximum absolute atomic E-state index is 13.6. The van der Waals surface area contributed by atoms with E-state index in [1.807, 2.05) is 0 Å². The first-order valence-corrected chi connectivity index (χ1v) is 7.03. The summed E-state index contributed by atoms with van der Waals surface area (Å²) in [4.78, 5) is 2.31. The van der Waals surface area contributed by atoms with Gasteiger partial charge < -0.3 is 9.84 Å². The van der Waals surface area contributed by atoms with E-state index >= 15 is 0 Å². The van der Waals surface area contributed by atoms with Crippen molar-refractivity contribution in [2.75, 3.05) is 13.2 Å². The van der Waals surface area contributed by atoms with Gasteiger partial charge in [-0.25, -0.2) is 4.39 Å². The van der Waals surface area contributed by atoms with E-state index in [1.54, 1.807) is 12.1 Å². The molecule has 1 fully saturated rings. The molecule has 0 aromatic heterocycles. The van der Waals surface area contributed by atoms with Gasteiger partial charge in [0.05, 0.1) is 6.04 Å². The lowest BCUT2D eigenvalue weighted by molar-refractivity contribution is -0.0258. The second kappa shape index (κ2) is 5.10. The SMILES string of the molecule is CC1CCCCN1C1COc2c(F)cccc2C1O. The molecule has 0 amide bonds. The molecule has 3 unspecified atom stereocenters. The fraction of sp³-hybridized carbons (Fsp3) is 0.600. The summed E-state index contributed by atoms with van der Waals surface area (Å²) in [5.41, 5.74) is 0.578. The molecule has 1 saturated heterocycles. The Kier molecular flexibility index (Phi) is 3.46. The molecule has 4 heteroatoms. The first-order chi connectivity index (χ1) is 9.18. The molecule has 104 valence electrons. The third-order valence-corrected chi connectivity index (χ3v) is 4.36. The van der Waals surface area contributed by atoms with Crippen molar-refractivity contribution < 1.29 is 14.2 Å². The van der Waals surface area contributed by atoms with Crippen molar-refractivity contribution in [3.05, 3.63) is 29.6 Å². The molecule has 3 nitrogen and oxygen atoms in total. The third kappa shape index (κ3) is 2.23. The van der Waals surface area contributed by atoms with Crippen LogP contribution in [0, 0.1) is 5.82 Å². The van der Waals surface area contributed by atoms with E-state index in [0.717, 1.165) is 19.4 Å². The zero-order chi connectivity index (χ0) is 13.4. The van der Waals surface area contributed by atoms with Gasteiger partial charge in [-0.2, -0.15) is 0 Å². The second-order valence-corrected chi connectivity index (χ2v) is 5.56. The number of rotatable bonds is 1. The van der Waals surface area contributed by atoms with Crippen LogP contribution < -0.4 is 4.74 Å². The maximum Gasteiger partial charge on any atom is 0.165 e. The van der Waals surface area contributed by atoms with Crippen molar-refractivity contribution in [1.82, 2.24) is 4.90 Å². The van der Waals surface area contributed by atoms with Crippen LogP contribution in [0.15, 0.2) is 18.2 Å². The summed E-state index contributed by atoms with van der Waals surface area (Å²) in [6.45, 7) is 3.53. The summed E-state index contributed by atoms with van der Waals surface area (Å²) in [6, 6.07) is 5.14. The highest BCUT2D eigenvalue weighted by Crippen LogP contribution is 2.37. The average Bonchev–Trinajstić information content (AvgIpc) is 2.41. The lowest BCUT2D eigenvalue weighted by atomic mass is 9.93. The Balaban J connectivity index is 1.86. The summed E-state index contributed by atoms with van der Waals surface area (Å²) >= 11 is 0. The van der Waals surface area contributed by atoms with Crippen LogP contribution in [0.25, 0.3) is 0 Å². The predicted molar refractivity (Wildman–Crippen MR) is 70.7 cm³/mol. The number of fused-ring (bicyclic) bond motifs is 1. The molecule has 19 heavy (non-hydrogen) atoms. The topological polar surface area (TPSA) is 32.7 Å². The van der Waals surface area contributed by atoms with Crippen LogP contribution in [0.4, 0.5) is 4.39 Å². The average molecular weight is 265 g/mol. The summed E-state index contributed by atoms with van der Waals surface area (Å²) in [7, 11) is 0. The van der Waals surface area contributed by atoms with Crippen LogP contribution in [0.5, 0.6) is 5.75 Å². The number of likely N-dealkylation sites (tertiary alicyclic amines) is 1. The van der Waals surface area contributed by atoms with E-state index < -0.39 is 6.10 Å². The number of para-hydroxylation sites is 1. The van der Waals surface area contributed by atoms with E-state index in [-0.39, 0.29) is 17.6 Å². The zero-order valence-corrected chi connectivity index (χ0v) is 11.2. The standard InChI is InChI=1S/C15H20FNO2/c1-10-5-2-3-8-17(10)13-9-19-15-11(14(13)18)6-4-7-12(15)16/h4,6-7,10,13-14,18H,2-3,5,8-9H2,1H3. The smallest absolute Gasteiger partial charge is 0.165 e. The minimum atomic E-state index is -0.667. The van der Waals surface area contributed by atoms with Gasteiger partial charge in [-0.3, -0.25) is 4.90 Å². The number of ether oxygens (including phenoxy) is 1. The fourth-order valence-electron chi connectivity index (χ4n) is 3.27. The fourth-order valence-corrected chi connectivity index (χ4v) is 3.27. The Hall–Kier alpha value is -1.13. The highest BCUT2D eigenvalue weighted by Gasteiger charge is 2.37. The van der Waals surface area contributed by atoms with Crippen molar-refractivity contribution in [2.45, 2.75) is 44.4 Å². The van der Waals surface area contributed by atoms with Gasteiger partial charge in [-0.15, -0.1) is 0 Å². The number of halogens is 1. The van der Waals surface area contributed by atoms with Crippen LogP contribution in [0.3, 0.4) is 0 Å². The molecule has 0 aliphatic carbocycles. The van der Waals surface area contributed by atoms with Crippen LogP contribution in [-0.2, 0) is 0 Å². The van der Waals surface area contributed by atoms with Crippen molar-refractivity contribution in [2.24, 2.45) is 0 Å². The van der Waals surface area contributed by atoms with Crippen molar-refractivity contribution in [1.29, 1.82) is 0 Å². The van der Waals surface area contributed by atoms with E-state index in [2.05, 4.69) is 11.8 Å². The molecule has 2 heterocycles. The quantitative estimate of drug-likeness (QED) is 0.847. The Morgan fingerprint density at radius 3 is 3.00 bits per heavy atom. The first-order valence-electron chi connectivity index (χ1n) is 7.03. The Bertz CT molecular complexity index is 465. The normalized spacial score (nSPS) is 31.6. The second-order valence-electron chi connectivity index (χ2n) is 5.56. The van der Waals surface area contributed by atoms with Crippen LogP contribution in [-0.4, -0.2) is 35.2 Å². The molecular weight excluding hydrogens is 245 g/mol.